The highest BCUT2D eigenvalue weighted by molar-refractivity contribution is 6.74. The highest BCUT2D eigenvalue weighted by Crippen LogP contribution is 2.42. The minimum Gasteiger partial charge on any atom is -0.512 e. The molecule has 0 radical (unpaired) electrons. The SMILES string of the molecule is COCOC[C@@H](C)[C@@H]1C=C(O)[C@@H](C)[C@@H]1CCO[Si](C)(C)C(C)(C)C. The fourth-order valence-electron chi connectivity index (χ4n) is 3.15. The van der Waals surface area contributed by atoms with E-state index >= 15 is 0 Å². The lowest BCUT2D eigenvalue weighted by molar-refractivity contribution is -0.0486. The summed E-state index contributed by atoms with van der Waals surface area (Å²) in [6.07, 6.45) is 3.01. The summed E-state index contributed by atoms with van der Waals surface area (Å²) in [5.74, 6) is 1.82. The summed E-state index contributed by atoms with van der Waals surface area (Å²) in [5, 5.41) is 10.4. The van der Waals surface area contributed by atoms with Crippen LogP contribution in [-0.4, -0.2) is 40.5 Å². The Labute approximate surface area is 149 Å². The Morgan fingerprint density at radius 1 is 1.29 bits per heavy atom. The zero-order chi connectivity index (χ0) is 18.5. The van der Waals surface area contributed by atoms with Gasteiger partial charge in [0.15, 0.2) is 8.32 Å². The molecule has 0 saturated heterocycles. The highest BCUT2D eigenvalue weighted by Gasteiger charge is 2.40. The van der Waals surface area contributed by atoms with E-state index in [9.17, 15) is 5.11 Å². The minimum atomic E-state index is -1.71. The van der Waals surface area contributed by atoms with Crippen molar-refractivity contribution in [3.8, 4) is 0 Å². The molecule has 0 fully saturated rings. The van der Waals surface area contributed by atoms with Crippen molar-refractivity contribution in [1.29, 1.82) is 0 Å². The molecule has 0 aromatic rings. The molecule has 4 atom stereocenters. The third-order valence-corrected chi connectivity index (χ3v) is 10.5. The molecule has 1 N–H and O–H groups in total. The molecule has 1 aliphatic rings. The van der Waals surface area contributed by atoms with Crippen molar-refractivity contribution in [2.24, 2.45) is 23.7 Å². The summed E-state index contributed by atoms with van der Waals surface area (Å²) >= 11 is 0. The van der Waals surface area contributed by atoms with Gasteiger partial charge in [0.2, 0.25) is 0 Å². The molecule has 0 amide bonds. The van der Waals surface area contributed by atoms with Crippen LogP contribution in [-0.2, 0) is 13.9 Å². The Bertz CT molecular complexity index is 414. The zero-order valence-corrected chi connectivity index (χ0v) is 17.9. The van der Waals surface area contributed by atoms with Crippen LogP contribution in [0.1, 0.15) is 41.0 Å². The maximum absolute atomic E-state index is 10.2. The lowest BCUT2D eigenvalue weighted by Gasteiger charge is -2.37. The first-order valence-corrected chi connectivity index (χ1v) is 12.0. The molecule has 0 unspecified atom stereocenters. The predicted molar refractivity (Wildman–Crippen MR) is 102 cm³/mol. The first-order chi connectivity index (χ1) is 11.0. The molecule has 0 aromatic heterocycles. The molecule has 0 bridgehead atoms. The van der Waals surface area contributed by atoms with Gasteiger partial charge >= 0.3 is 0 Å². The summed E-state index contributed by atoms with van der Waals surface area (Å²) < 4.78 is 16.8. The Hall–Kier alpha value is -0.363. The minimum absolute atomic E-state index is 0.197. The summed E-state index contributed by atoms with van der Waals surface area (Å²) in [6.45, 7) is 17.4. The first kappa shape index (κ1) is 21.7. The van der Waals surface area contributed by atoms with E-state index in [1.165, 1.54) is 0 Å². The van der Waals surface area contributed by atoms with Gasteiger partial charge in [-0.3, -0.25) is 0 Å². The molecule has 0 spiro atoms. The number of rotatable bonds is 9. The normalized spacial score (nSPS) is 26.5. The number of allylic oxidation sites excluding steroid dienone is 2. The maximum atomic E-state index is 10.2. The topological polar surface area (TPSA) is 47.9 Å². The molecule has 5 heteroatoms. The van der Waals surface area contributed by atoms with Crippen LogP contribution in [0.15, 0.2) is 11.8 Å². The van der Waals surface area contributed by atoms with Gasteiger partial charge < -0.3 is 19.0 Å². The fourth-order valence-corrected chi connectivity index (χ4v) is 4.21. The third kappa shape index (κ3) is 5.58. The Balaban J connectivity index is 2.60. The van der Waals surface area contributed by atoms with Gasteiger partial charge in [0.25, 0.3) is 0 Å². The van der Waals surface area contributed by atoms with Crippen molar-refractivity contribution < 1.29 is 19.0 Å². The first-order valence-electron chi connectivity index (χ1n) is 9.12. The van der Waals surface area contributed by atoms with E-state index in [0.29, 0.717) is 36.9 Å². The molecule has 0 aromatic carbocycles. The summed E-state index contributed by atoms with van der Waals surface area (Å²) in [6, 6.07) is 0. The number of hydrogen-bond acceptors (Lipinski definition) is 4. The lowest BCUT2D eigenvalue weighted by atomic mass is 9.80. The Kier molecular flexibility index (Phi) is 7.98. The van der Waals surface area contributed by atoms with Gasteiger partial charge in [0, 0.05) is 19.6 Å². The lowest BCUT2D eigenvalue weighted by Crippen LogP contribution is -2.41. The quantitative estimate of drug-likeness (QED) is 0.359. The van der Waals surface area contributed by atoms with Crippen LogP contribution in [0.2, 0.25) is 18.1 Å². The number of methoxy groups -OCH3 is 1. The number of aliphatic hydroxyl groups is 1. The van der Waals surface area contributed by atoms with Gasteiger partial charge in [0.1, 0.15) is 6.79 Å². The van der Waals surface area contributed by atoms with Crippen molar-refractivity contribution in [2.75, 3.05) is 27.1 Å². The second-order valence-corrected chi connectivity index (χ2v) is 13.6. The van der Waals surface area contributed by atoms with E-state index in [4.69, 9.17) is 13.9 Å². The van der Waals surface area contributed by atoms with Gasteiger partial charge in [-0.2, -0.15) is 0 Å². The molecule has 0 heterocycles. The molecular weight excluding hydrogens is 320 g/mol. The average molecular weight is 359 g/mol. The van der Waals surface area contributed by atoms with Crippen molar-refractivity contribution in [3.05, 3.63) is 11.8 Å². The van der Waals surface area contributed by atoms with E-state index in [1.54, 1.807) is 7.11 Å². The van der Waals surface area contributed by atoms with E-state index in [1.807, 2.05) is 6.08 Å². The zero-order valence-electron chi connectivity index (χ0n) is 16.9. The van der Waals surface area contributed by atoms with Crippen LogP contribution >= 0.6 is 0 Å². The van der Waals surface area contributed by atoms with Crippen LogP contribution in [0, 0.1) is 23.7 Å². The van der Waals surface area contributed by atoms with E-state index in [2.05, 4.69) is 47.7 Å². The van der Waals surface area contributed by atoms with Crippen molar-refractivity contribution in [1.82, 2.24) is 0 Å². The summed E-state index contributed by atoms with van der Waals surface area (Å²) in [5.41, 5.74) is 0. The number of aliphatic hydroxyl groups excluding tert-OH is 1. The molecule has 142 valence electrons. The van der Waals surface area contributed by atoms with Gasteiger partial charge in [-0.25, -0.2) is 0 Å². The molecule has 4 nitrogen and oxygen atoms in total. The van der Waals surface area contributed by atoms with Crippen LogP contribution in [0.5, 0.6) is 0 Å². The van der Waals surface area contributed by atoms with Gasteiger partial charge in [0.05, 0.1) is 12.4 Å². The van der Waals surface area contributed by atoms with E-state index in [-0.39, 0.29) is 11.0 Å². The maximum Gasteiger partial charge on any atom is 0.191 e. The van der Waals surface area contributed by atoms with E-state index < -0.39 is 8.32 Å². The molecule has 0 saturated carbocycles. The summed E-state index contributed by atoms with van der Waals surface area (Å²) in [4.78, 5) is 0. The van der Waals surface area contributed by atoms with Crippen molar-refractivity contribution in [2.45, 2.75) is 59.2 Å². The monoisotopic (exact) mass is 358 g/mol. The molecular formula is C19H38O4Si. The molecule has 1 rings (SSSR count). The average Bonchev–Trinajstić information content (AvgIpc) is 2.74. The largest absolute Gasteiger partial charge is 0.512 e. The van der Waals surface area contributed by atoms with Gasteiger partial charge in [-0.05, 0) is 48.4 Å². The predicted octanol–water partition coefficient (Wildman–Crippen LogP) is 4.98. The standard InChI is InChI=1S/C19H38O4Si/c1-14(12-22-13-21-6)17-11-18(20)15(2)16(17)9-10-23-24(7,8)19(3,4)5/h11,14-17,20H,9-10,12-13H2,1-8H3/t14-,15+,16+,17+/m1/s1. The van der Waals surface area contributed by atoms with Crippen LogP contribution in [0.4, 0.5) is 0 Å². The second-order valence-electron chi connectivity index (χ2n) is 8.77. The second kappa shape index (κ2) is 8.83. The van der Waals surface area contributed by atoms with Crippen molar-refractivity contribution >= 4 is 8.32 Å². The Morgan fingerprint density at radius 3 is 2.46 bits per heavy atom. The van der Waals surface area contributed by atoms with Crippen LogP contribution in [0.25, 0.3) is 0 Å². The van der Waals surface area contributed by atoms with Crippen LogP contribution < -0.4 is 0 Å². The van der Waals surface area contributed by atoms with Gasteiger partial charge in [-0.15, -0.1) is 0 Å². The van der Waals surface area contributed by atoms with Gasteiger partial charge in [-0.1, -0.05) is 34.6 Å². The summed E-state index contributed by atoms with van der Waals surface area (Å²) in [7, 11) is -0.0777. The Morgan fingerprint density at radius 2 is 1.92 bits per heavy atom. The number of ether oxygens (including phenoxy) is 2. The highest BCUT2D eigenvalue weighted by atomic mass is 28.4. The van der Waals surface area contributed by atoms with E-state index in [0.717, 1.165) is 13.0 Å². The number of hydrogen-bond donors (Lipinski definition) is 1. The molecule has 0 aliphatic heterocycles. The fraction of sp³-hybridized carbons (Fsp3) is 0.895. The van der Waals surface area contributed by atoms with Crippen molar-refractivity contribution in [3.63, 3.8) is 0 Å². The molecule has 24 heavy (non-hydrogen) atoms. The smallest absolute Gasteiger partial charge is 0.191 e. The molecule has 1 aliphatic carbocycles. The third-order valence-electron chi connectivity index (χ3n) is 5.93. The van der Waals surface area contributed by atoms with Crippen LogP contribution in [0.3, 0.4) is 0 Å².